The van der Waals surface area contributed by atoms with Crippen LogP contribution in [0.15, 0.2) is 52.1 Å². The third kappa shape index (κ3) is 2.47. The van der Waals surface area contributed by atoms with Crippen molar-refractivity contribution in [2.24, 2.45) is 4.99 Å². The zero-order valence-corrected chi connectivity index (χ0v) is 8.38. The van der Waals surface area contributed by atoms with E-state index in [-0.39, 0.29) is 0 Å². The Hall–Kier alpha value is -2.03. The van der Waals surface area contributed by atoms with E-state index in [4.69, 9.17) is 9.15 Å². The maximum absolute atomic E-state index is 5.08. The summed E-state index contributed by atoms with van der Waals surface area (Å²) in [5.74, 6) is 1.44. The lowest BCUT2D eigenvalue weighted by Crippen LogP contribution is -1.83. The number of ether oxygens (including phenoxy) is 1. The Kier molecular flexibility index (Phi) is 2.83. The first-order valence-corrected chi connectivity index (χ1v) is 4.60. The van der Waals surface area contributed by atoms with Crippen LogP contribution in [0, 0.1) is 0 Å². The highest BCUT2D eigenvalue weighted by Gasteiger charge is 1.92. The van der Waals surface area contributed by atoms with Gasteiger partial charge in [-0.25, -0.2) is 4.99 Å². The predicted molar refractivity (Wildman–Crippen MR) is 59.0 cm³/mol. The van der Waals surface area contributed by atoms with Gasteiger partial charge in [0.1, 0.15) is 5.75 Å². The van der Waals surface area contributed by atoms with Crippen LogP contribution in [0.2, 0.25) is 0 Å². The van der Waals surface area contributed by atoms with Gasteiger partial charge in [-0.15, -0.1) is 0 Å². The first kappa shape index (κ1) is 9.52. The van der Waals surface area contributed by atoms with E-state index in [1.807, 2.05) is 24.3 Å². The van der Waals surface area contributed by atoms with Crippen LogP contribution in [0.1, 0.15) is 5.56 Å². The van der Waals surface area contributed by atoms with Gasteiger partial charge in [0.15, 0.2) is 0 Å². The third-order valence-electron chi connectivity index (χ3n) is 1.96. The molecule has 0 amide bonds. The van der Waals surface area contributed by atoms with Gasteiger partial charge in [0.2, 0.25) is 5.88 Å². The van der Waals surface area contributed by atoms with Gasteiger partial charge in [0.05, 0.1) is 13.4 Å². The Bertz CT molecular complexity index is 429. The van der Waals surface area contributed by atoms with Crippen LogP contribution < -0.4 is 4.74 Å². The maximum atomic E-state index is 5.08. The van der Waals surface area contributed by atoms with Crippen molar-refractivity contribution in [1.82, 2.24) is 0 Å². The van der Waals surface area contributed by atoms with Gasteiger partial charge in [-0.05, 0) is 35.9 Å². The first-order valence-electron chi connectivity index (χ1n) is 4.60. The highest BCUT2D eigenvalue weighted by Crippen LogP contribution is 2.13. The highest BCUT2D eigenvalue weighted by atomic mass is 16.5. The molecule has 76 valence electrons. The number of hydrogen-bond donors (Lipinski definition) is 0. The Labute approximate surface area is 88.0 Å². The molecule has 0 atom stereocenters. The van der Waals surface area contributed by atoms with Crippen molar-refractivity contribution in [3.05, 3.63) is 48.2 Å². The minimum atomic E-state index is 0.603. The van der Waals surface area contributed by atoms with Gasteiger partial charge >= 0.3 is 0 Å². The number of methoxy groups -OCH3 is 1. The van der Waals surface area contributed by atoms with Crippen LogP contribution in [-0.2, 0) is 0 Å². The van der Waals surface area contributed by atoms with E-state index in [1.54, 1.807) is 31.7 Å². The molecular formula is C12H11NO2. The number of nitrogens with zero attached hydrogens (tertiary/aromatic N) is 1. The highest BCUT2D eigenvalue weighted by molar-refractivity contribution is 5.81. The van der Waals surface area contributed by atoms with Crippen LogP contribution in [-0.4, -0.2) is 13.3 Å². The molecule has 0 saturated carbocycles. The summed E-state index contributed by atoms with van der Waals surface area (Å²) in [5.41, 5.74) is 1.01. The molecule has 15 heavy (non-hydrogen) atoms. The monoisotopic (exact) mass is 201 g/mol. The topological polar surface area (TPSA) is 34.7 Å². The van der Waals surface area contributed by atoms with E-state index in [0.29, 0.717) is 5.88 Å². The second kappa shape index (κ2) is 4.46. The summed E-state index contributed by atoms with van der Waals surface area (Å²) in [6, 6.07) is 11.3. The average Bonchev–Trinajstić information content (AvgIpc) is 2.80. The molecule has 0 bridgehead atoms. The second-order valence-electron chi connectivity index (χ2n) is 2.98. The molecule has 0 saturated heterocycles. The smallest absolute Gasteiger partial charge is 0.218 e. The Morgan fingerprint density at radius 1 is 1.20 bits per heavy atom. The molecule has 0 fully saturated rings. The molecule has 3 heteroatoms. The Morgan fingerprint density at radius 2 is 2.00 bits per heavy atom. The predicted octanol–water partition coefficient (Wildman–Crippen LogP) is 3.04. The van der Waals surface area contributed by atoms with Crippen LogP contribution >= 0.6 is 0 Å². The van der Waals surface area contributed by atoms with Crippen molar-refractivity contribution in [3.63, 3.8) is 0 Å². The second-order valence-corrected chi connectivity index (χ2v) is 2.98. The molecular weight excluding hydrogens is 190 g/mol. The largest absolute Gasteiger partial charge is 0.497 e. The standard InChI is InChI=1S/C12H11NO2/c1-14-11-6-4-10(5-7-11)9-13-12-3-2-8-15-12/h2-9H,1H3. The number of benzene rings is 1. The molecule has 2 rings (SSSR count). The SMILES string of the molecule is COc1ccc(C=Nc2ccco2)cc1. The summed E-state index contributed by atoms with van der Waals surface area (Å²) >= 11 is 0. The first-order chi connectivity index (χ1) is 7.38. The van der Waals surface area contributed by atoms with E-state index in [9.17, 15) is 0 Å². The molecule has 0 aliphatic carbocycles. The van der Waals surface area contributed by atoms with Crippen molar-refractivity contribution >= 4 is 12.1 Å². The number of hydrogen-bond acceptors (Lipinski definition) is 3. The van der Waals surface area contributed by atoms with Crippen LogP contribution in [0.4, 0.5) is 5.88 Å². The van der Waals surface area contributed by atoms with E-state index in [1.165, 1.54) is 0 Å². The van der Waals surface area contributed by atoms with Crippen molar-refractivity contribution < 1.29 is 9.15 Å². The lowest BCUT2D eigenvalue weighted by atomic mass is 10.2. The van der Waals surface area contributed by atoms with Crippen molar-refractivity contribution in [2.45, 2.75) is 0 Å². The van der Waals surface area contributed by atoms with Gasteiger partial charge in [-0.1, -0.05) is 0 Å². The van der Waals surface area contributed by atoms with Gasteiger partial charge < -0.3 is 9.15 Å². The van der Waals surface area contributed by atoms with Gasteiger partial charge in [-0.2, -0.15) is 0 Å². The van der Waals surface area contributed by atoms with E-state index >= 15 is 0 Å². The van der Waals surface area contributed by atoms with Gasteiger partial charge in [0.25, 0.3) is 0 Å². The molecule has 1 aromatic heterocycles. The van der Waals surface area contributed by atoms with Crippen molar-refractivity contribution in [2.75, 3.05) is 7.11 Å². The summed E-state index contributed by atoms with van der Waals surface area (Å²) in [7, 11) is 1.64. The lowest BCUT2D eigenvalue weighted by Gasteiger charge is -1.98. The lowest BCUT2D eigenvalue weighted by molar-refractivity contribution is 0.415. The zero-order valence-electron chi connectivity index (χ0n) is 8.38. The van der Waals surface area contributed by atoms with E-state index in [0.717, 1.165) is 11.3 Å². The summed E-state index contributed by atoms with van der Waals surface area (Å²) in [6.07, 6.45) is 3.35. The molecule has 0 N–H and O–H groups in total. The Morgan fingerprint density at radius 3 is 2.60 bits per heavy atom. The minimum absolute atomic E-state index is 0.603. The molecule has 2 aromatic rings. The zero-order chi connectivity index (χ0) is 10.5. The number of furan rings is 1. The molecule has 0 spiro atoms. The Balaban J connectivity index is 2.11. The molecule has 0 radical (unpaired) electrons. The fourth-order valence-corrected chi connectivity index (χ4v) is 1.17. The van der Waals surface area contributed by atoms with Crippen LogP contribution in [0.25, 0.3) is 0 Å². The van der Waals surface area contributed by atoms with E-state index < -0.39 is 0 Å². The quantitative estimate of drug-likeness (QED) is 0.715. The summed E-state index contributed by atoms with van der Waals surface area (Å²) in [6.45, 7) is 0. The fourth-order valence-electron chi connectivity index (χ4n) is 1.17. The van der Waals surface area contributed by atoms with E-state index in [2.05, 4.69) is 4.99 Å². The number of rotatable bonds is 3. The molecule has 3 nitrogen and oxygen atoms in total. The minimum Gasteiger partial charge on any atom is -0.497 e. The summed E-state index contributed by atoms with van der Waals surface area (Å²) in [4.78, 5) is 4.16. The molecule has 0 unspecified atom stereocenters. The van der Waals surface area contributed by atoms with Crippen LogP contribution in [0.3, 0.4) is 0 Å². The van der Waals surface area contributed by atoms with Crippen LogP contribution in [0.5, 0.6) is 5.75 Å². The van der Waals surface area contributed by atoms with Gasteiger partial charge in [0, 0.05) is 12.3 Å². The molecule has 0 aliphatic heterocycles. The molecule has 1 heterocycles. The van der Waals surface area contributed by atoms with Crippen molar-refractivity contribution in [1.29, 1.82) is 0 Å². The van der Waals surface area contributed by atoms with Gasteiger partial charge in [-0.3, -0.25) is 0 Å². The fraction of sp³-hybridized carbons (Fsp3) is 0.0833. The van der Waals surface area contributed by atoms with Crippen molar-refractivity contribution in [3.8, 4) is 5.75 Å². The number of aliphatic imine (C=N–C) groups is 1. The molecule has 1 aromatic carbocycles. The molecule has 0 aliphatic rings. The average molecular weight is 201 g/mol. The normalized spacial score (nSPS) is 10.7. The third-order valence-corrected chi connectivity index (χ3v) is 1.96. The summed E-state index contributed by atoms with van der Waals surface area (Å²) < 4.78 is 10.1. The maximum Gasteiger partial charge on any atom is 0.218 e. The summed E-state index contributed by atoms with van der Waals surface area (Å²) in [5, 5.41) is 0.